The van der Waals surface area contributed by atoms with Crippen molar-refractivity contribution in [2.75, 3.05) is 76.7 Å². The van der Waals surface area contributed by atoms with Crippen molar-refractivity contribution in [1.29, 1.82) is 0 Å². The Bertz CT molecular complexity index is 1190. The van der Waals surface area contributed by atoms with Crippen molar-refractivity contribution < 1.29 is 18.0 Å². The van der Waals surface area contributed by atoms with Crippen molar-refractivity contribution in [3.05, 3.63) is 48.8 Å². The summed E-state index contributed by atoms with van der Waals surface area (Å²) in [7, 11) is 0.00683. The second-order valence-electron chi connectivity index (χ2n) is 10.2. The number of nitrogens with one attached hydrogen (secondary N) is 2. The summed E-state index contributed by atoms with van der Waals surface area (Å²) in [5.41, 5.74) is 1.54. The molecule has 2 saturated heterocycles. The Morgan fingerprint density at radius 2 is 1.59 bits per heavy atom. The Balaban J connectivity index is 1.16. The number of likely N-dealkylation sites (tertiary alicyclic amines) is 1. The second kappa shape index (κ2) is 13.3. The number of anilines is 2. The summed E-state index contributed by atoms with van der Waals surface area (Å²) in [4.78, 5) is 35.7. The standard InChI is InChI=1S/C27H39N7O4S/c1-31-16-10-23(11-17-31)32(2)39(37,38)25-6-4-22(5-7-25)30-27(36)26(35)29-12-3-15-33-18-20-34(21-19-33)24-8-13-28-14-9-24/h4-9,13-14,23H,3,10-12,15-21H2,1-2H3,(H,29,35)(H,30,36). The lowest BCUT2D eigenvalue weighted by Crippen LogP contribution is -2.47. The van der Waals surface area contributed by atoms with Gasteiger partial charge in [0.15, 0.2) is 0 Å². The summed E-state index contributed by atoms with van der Waals surface area (Å²) >= 11 is 0. The molecule has 11 nitrogen and oxygen atoms in total. The van der Waals surface area contributed by atoms with E-state index in [0.29, 0.717) is 12.2 Å². The number of nitrogens with zero attached hydrogens (tertiary/aromatic N) is 5. The molecule has 2 amide bonds. The van der Waals surface area contributed by atoms with E-state index in [4.69, 9.17) is 0 Å². The van der Waals surface area contributed by atoms with Crippen LogP contribution in [0.2, 0.25) is 0 Å². The number of rotatable bonds is 9. The van der Waals surface area contributed by atoms with Crippen LogP contribution in [-0.4, -0.2) is 112 Å². The summed E-state index contributed by atoms with van der Waals surface area (Å²) in [6, 6.07) is 9.93. The van der Waals surface area contributed by atoms with E-state index < -0.39 is 21.8 Å². The summed E-state index contributed by atoms with van der Waals surface area (Å²) in [6.45, 7) is 6.72. The molecule has 0 saturated carbocycles. The number of amides is 2. The summed E-state index contributed by atoms with van der Waals surface area (Å²) in [6.07, 6.45) is 5.93. The van der Waals surface area contributed by atoms with Crippen molar-refractivity contribution in [1.82, 2.24) is 24.4 Å². The molecule has 3 heterocycles. The lowest BCUT2D eigenvalue weighted by Gasteiger charge is -2.36. The number of hydrogen-bond acceptors (Lipinski definition) is 8. The first kappa shape index (κ1) is 28.9. The van der Waals surface area contributed by atoms with Gasteiger partial charge in [0.2, 0.25) is 10.0 Å². The number of benzene rings is 1. The topological polar surface area (TPSA) is 118 Å². The Hall–Kier alpha value is -3.06. The quantitative estimate of drug-likeness (QED) is 0.347. The molecule has 0 radical (unpaired) electrons. The van der Waals surface area contributed by atoms with Gasteiger partial charge in [-0.2, -0.15) is 4.31 Å². The highest BCUT2D eigenvalue weighted by Gasteiger charge is 2.30. The van der Waals surface area contributed by atoms with E-state index in [2.05, 4.69) is 30.3 Å². The molecule has 1 aromatic carbocycles. The molecule has 39 heavy (non-hydrogen) atoms. The van der Waals surface area contributed by atoms with Crippen LogP contribution >= 0.6 is 0 Å². The maximum atomic E-state index is 13.0. The average Bonchev–Trinajstić information content (AvgIpc) is 2.96. The van der Waals surface area contributed by atoms with Gasteiger partial charge in [0, 0.05) is 69.6 Å². The normalized spacial score (nSPS) is 17.8. The molecule has 0 aliphatic carbocycles. The third-order valence-electron chi connectivity index (χ3n) is 7.53. The summed E-state index contributed by atoms with van der Waals surface area (Å²) in [5.74, 6) is -1.49. The number of carbonyl (C=O) groups excluding carboxylic acids is 2. The third kappa shape index (κ3) is 7.75. The largest absolute Gasteiger partial charge is 0.369 e. The third-order valence-corrected chi connectivity index (χ3v) is 9.46. The second-order valence-corrected chi connectivity index (χ2v) is 12.2. The number of sulfonamides is 1. The first-order valence-electron chi connectivity index (χ1n) is 13.5. The minimum absolute atomic E-state index is 0.0362. The van der Waals surface area contributed by atoms with Crippen LogP contribution in [0.4, 0.5) is 11.4 Å². The van der Waals surface area contributed by atoms with Crippen molar-refractivity contribution in [2.24, 2.45) is 0 Å². The molecule has 2 aliphatic rings. The molecule has 2 aliphatic heterocycles. The minimum Gasteiger partial charge on any atom is -0.369 e. The number of piperazine rings is 1. The van der Waals surface area contributed by atoms with Crippen LogP contribution in [-0.2, 0) is 19.6 Å². The minimum atomic E-state index is -3.65. The lowest BCUT2D eigenvalue weighted by molar-refractivity contribution is -0.136. The van der Waals surface area contributed by atoms with Crippen LogP contribution in [0.5, 0.6) is 0 Å². The van der Waals surface area contributed by atoms with Crippen molar-refractivity contribution in [3.8, 4) is 0 Å². The Morgan fingerprint density at radius 1 is 0.949 bits per heavy atom. The molecule has 2 fully saturated rings. The lowest BCUT2D eigenvalue weighted by atomic mass is 10.1. The van der Waals surface area contributed by atoms with Gasteiger partial charge in [-0.25, -0.2) is 8.42 Å². The Kier molecular flexibility index (Phi) is 9.89. The zero-order chi connectivity index (χ0) is 27.8. The van der Waals surface area contributed by atoms with Crippen LogP contribution in [0, 0.1) is 0 Å². The smallest absolute Gasteiger partial charge is 0.313 e. The van der Waals surface area contributed by atoms with E-state index in [9.17, 15) is 18.0 Å². The van der Waals surface area contributed by atoms with Gasteiger partial charge in [0.25, 0.3) is 0 Å². The van der Waals surface area contributed by atoms with Crippen molar-refractivity contribution in [2.45, 2.75) is 30.2 Å². The highest BCUT2D eigenvalue weighted by molar-refractivity contribution is 7.89. The fourth-order valence-electron chi connectivity index (χ4n) is 4.99. The van der Waals surface area contributed by atoms with E-state index in [-0.39, 0.29) is 10.9 Å². The fourth-order valence-corrected chi connectivity index (χ4v) is 6.40. The van der Waals surface area contributed by atoms with E-state index >= 15 is 0 Å². The van der Waals surface area contributed by atoms with Gasteiger partial charge < -0.3 is 20.4 Å². The van der Waals surface area contributed by atoms with Crippen LogP contribution in [0.3, 0.4) is 0 Å². The molecule has 2 N–H and O–H groups in total. The van der Waals surface area contributed by atoms with Gasteiger partial charge in [-0.05, 0) is 82.3 Å². The van der Waals surface area contributed by atoms with Gasteiger partial charge >= 0.3 is 11.8 Å². The molecule has 0 atom stereocenters. The zero-order valence-electron chi connectivity index (χ0n) is 22.8. The van der Waals surface area contributed by atoms with Gasteiger partial charge in [-0.1, -0.05) is 0 Å². The summed E-state index contributed by atoms with van der Waals surface area (Å²) < 4.78 is 27.5. The monoisotopic (exact) mass is 557 g/mol. The van der Waals surface area contributed by atoms with Crippen LogP contribution < -0.4 is 15.5 Å². The van der Waals surface area contributed by atoms with E-state index in [1.165, 1.54) is 34.3 Å². The first-order chi connectivity index (χ1) is 18.7. The number of aromatic nitrogens is 1. The van der Waals surface area contributed by atoms with E-state index in [1.54, 1.807) is 19.4 Å². The van der Waals surface area contributed by atoms with Crippen LogP contribution in [0.15, 0.2) is 53.7 Å². The zero-order valence-corrected chi connectivity index (χ0v) is 23.6. The van der Waals surface area contributed by atoms with Gasteiger partial charge in [-0.15, -0.1) is 0 Å². The maximum Gasteiger partial charge on any atom is 0.313 e. The number of carbonyl (C=O) groups is 2. The predicted octanol–water partition coefficient (Wildman–Crippen LogP) is 1.06. The summed E-state index contributed by atoms with van der Waals surface area (Å²) in [5, 5.41) is 5.21. The molecule has 4 rings (SSSR count). The number of hydrogen-bond donors (Lipinski definition) is 2. The SMILES string of the molecule is CN1CCC(N(C)S(=O)(=O)c2ccc(NC(=O)C(=O)NCCCN3CCN(c4ccncc4)CC3)cc2)CC1. The molecule has 2 aromatic rings. The van der Waals surface area contributed by atoms with E-state index in [1.807, 2.05) is 19.2 Å². The van der Waals surface area contributed by atoms with E-state index in [0.717, 1.165) is 65.1 Å². The molecular weight excluding hydrogens is 518 g/mol. The van der Waals surface area contributed by atoms with Crippen LogP contribution in [0.25, 0.3) is 0 Å². The van der Waals surface area contributed by atoms with Gasteiger partial charge in [-0.3, -0.25) is 19.5 Å². The first-order valence-corrected chi connectivity index (χ1v) is 14.9. The number of pyridine rings is 1. The predicted molar refractivity (Wildman–Crippen MR) is 151 cm³/mol. The molecular formula is C27H39N7O4S. The molecule has 12 heteroatoms. The molecule has 212 valence electrons. The van der Waals surface area contributed by atoms with Crippen molar-refractivity contribution >= 4 is 33.2 Å². The van der Waals surface area contributed by atoms with Crippen molar-refractivity contribution in [3.63, 3.8) is 0 Å². The molecule has 0 unspecified atom stereocenters. The Labute approximate surface area is 231 Å². The average molecular weight is 558 g/mol. The molecule has 1 aromatic heterocycles. The van der Waals surface area contributed by atoms with Gasteiger partial charge in [0.1, 0.15) is 0 Å². The van der Waals surface area contributed by atoms with Crippen LogP contribution in [0.1, 0.15) is 19.3 Å². The molecule has 0 spiro atoms. The Morgan fingerprint density at radius 3 is 2.23 bits per heavy atom. The fraction of sp³-hybridized carbons (Fsp3) is 0.519. The maximum absolute atomic E-state index is 13.0. The number of piperidine rings is 1. The molecule has 0 bridgehead atoms. The highest BCUT2D eigenvalue weighted by atomic mass is 32.2. The highest BCUT2D eigenvalue weighted by Crippen LogP contribution is 2.23. The van der Waals surface area contributed by atoms with Gasteiger partial charge in [0.05, 0.1) is 4.90 Å².